The predicted octanol–water partition coefficient (Wildman–Crippen LogP) is 3.40. The first-order valence-electron chi connectivity index (χ1n) is 7.83. The molecule has 0 fully saturated rings. The number of hydrogen-bond donors (Lipinski definition) is 1. The molecule has 0 unspecified atom stereocenters. The molecule has 4 rings (SSSR count). The minimum absolute atomic E-state index is 0.0615. The van der Waals surface area contributed by atoms with Gasteiger partial charge in [0.1, 0.15) is 0 Å². The second-order valence-electron chi connectivity index (χ2n) is 5.45. The van der Waals surface area contributed by atoms with Crippen LogP contribution in [-0.2, 0) is 12.2 Å². The number of aryl methyl sites for hydroxylation is 1. The van der Waals surface area contributed by atoms with E-state index in [-0.39, 0.29) is 5.56 Å². The average Bonchev–Trinajstić information content (AvgIpc) is 3.29. The van der Waals surface area contributed by atoms with Crippen LogP contribution in [0.2, 0.25) is 0 Å². The molecule has 3 heterocycles. The van der Waals surface area contributed by atoms with Gasteiger partial charge in [0.05, 0.1) is 5.69 Å². The van der Waals surface area contributed by atoms with Gasteiger partial charge in [-0.2, -0.15) is 0 Å². The Morgan fingerprint density at radius 2 is 2.08 bits per heavy atom. The summed E-state index contributed by atoms with van der Waals surface area (Å²) in [4.78, 5) is 21.7. The summed E-state index contributed by atoms with van der Waals surface area (Å²) >= 11 is 2.90. The highest BCUT2D eigenvalue weighted by Crippen LogP contribution is 2.22. The van der Waals surface area contributed by atoms with Crippen LogP contribution in [0, 0.1) is 0 Å². The van der Waals surface area contributed by atoms with Crippen molar-refractivity contribution in [2.24, 2.45) is 0 Å². The molecule has 8 heteroatoms. The van der Waals surface area contributed by atoms with Gasteiger partial charge in [0, 0.05) is 29.0 Å². The third-order valence-corrected chi connectivity index (χ3v) is 5.44. The lowest BCUT2D eigenvalue weighted by Gasteiger charge is -1.99. The van der Waals surface area contributed by atoms with Crippen LogP contribution >= 0.6 is 23.1 Å². The zero-order valence-electron chi connectivity index (χ0n) is 13.5. The minimum atomic E-state index is -0.0615. The first kappa shape index (κ1) is 16.0. The van der Waals surface area contributed by atoms with Gasteiger partial charge in [0.25, 0.3) is 5.56 Å². The topological polar surface area (TPSA) is 75.9 Å². The second kappa shape index (κ2) is 6.81. The predicted molar refractivity (Wildman–Crippen MR) is 100 cm³/mol. The molecular weight excluding hydrogens is 354 g/mol. The number of aromatic amines is 1. The van der Waals surface area contributed by atoms with E-state index in [4.69, 9.17) is 0 Å². The molecule has 0 spiro atoms. The molecular formula is C17H15N5OS2. The lowest BCUT2D eigenvalue weighted by Crippen LogP contribution is -2.12. The van der Waals surface area contributed by atoms with Gasteiger partial charge >= 0.3 is 0 Å². The summed E-state index contributed by atoms with van der Waals surface area (Å²) in [5.41, 5.74) is 2.97. The van der Waals surface area contributed by atoms with Gasteiger partial charge in [-0.1, -0.05) is 43.0 Å². The van der Waals surface area contributed by atoms with Gasteiger partial charge in [-0.15, -0.1) is 16.4 Å². The van der Waals surface area contributed by atoms with Gasteiger partial charge in [0.2, 0.25) is 5.16 Å². The lowest BCUT2D eigenvalue weighted by atomic mass is 10.1. The van der Waals surface area contributed by atoms with E-state index in [1.807, 2.05) is 17.5 Å². The Balaban J connectivity index is 1.49. The highest BCUT2D eigenvalue weighted by Gasteiger charge is 2.09. The van der Waals surface area contributed by atoms with Gasteiger partial charge < -0.3 is 0 Å². The van der Waals surface area contributed by atoms with Crippen LogP contribution in [0.4, 0.5) is 0 Å². The van der Waals surface area contributed by atoms with Crippen molar-refractivity contribution in [3.8, 4) is 11.4 Å². The molecule has 0 radical (unpaired) electrons. The molecule has 0 aliphatic rings. The molecule has 0 amide bonds. The summed E-state index contributed by atoms with van der Waals surface area (Å²) in [6.45, 7) is 2.13. The molecule has 0 aliphatic heterocycles. The summed E-state index contributed by atoms with van der Waals surface area (Å²) in [5.74, 6) is 1.29. The van der Waals surface area contributed by atoms with Gasteiger partial charge in [-0.3, -0.25) is 14.3 Å². The van der Waals surface area contributed by atoms with Crippen molar-refractivity contribution in [2.75, 3.05) is 0 Å². The Hall–Kier alpha value is -2.45. The molecule has 3 aromatic heterocycles. The van der Waals surface area contributed by atoms with Gasteiger partial charge in [-0.25, -0.2) is 9.97 Å². The highest BCUT2D eigenvalue weighted by atomic mass is 32.2. The van der Waals surface area contributed by atoms with Crippen LogP contribution < -0.4 is 5.56 Å². The van der Waals surface area contributed by atoms with Crippen LogP contribution in [0.25, 0.3) is 16.3 Å². The van der Waals surface area contributed by atoms with E-state index in [0.29, 0.717) is 15.9 Å². The van der Waals surface area contributed by atoms with Crippen LogP contribution in [0.1, 0.15) is 18.2 Å². The molecule has 126 valence electrons. The van der Waals surface area contributed by atoms with Crippen molar-refractivity contribution >= 4 is 28.1 Å². The molecule has 0 aliphatic carbocycles. The molecule has 0 bridgehead atoms. The van der Waals surface area contributed by atoms with Crippen molar-refractivity contribution in [3.63, 3.8) is 0 Å². The average molecular weight is 369 g/mol. The van der Waals surface area contributed by atoms with E-state index in [1.54, 1.807) is 16.7 Å². The maximum absolute atomic E-state index is 12.0. The quantitative estimate of drug-likeness (QED) is 0.546. The van der Waals surface area contributed by atoms with E-state index in [9.17, 15) is 4.79 Å². The molecule has 1 N–H and O–H groups in total. The van der Waals surface area contributed by atoms with E-state index >= 15 is 0 Å². The standard InChI is InChI=1S/C17H15N5OS2/c1-2-11-3-5-12(6-4-11)15-19-16(21-20-15)25-10-13-9-14(23)22-7-8-24-17(22)18-13/h3-9H,2,10H2,1H3,(H,19,20,21). The summed E-state index contributed by atoms with van der Waals surface area (Å²) in [6.07, 6.45) is 2.75. The number of fused-ring (bicyclic) bond motifs is 1. The van der Waals surface area contributed by atoms with E-state index in [0.717, 1.165) is 23.5 Å². The zero-order chi connectivity index (χ0) is 17.2. The Bertz CT molecular complexity index is 1060. The fourth-order valence-electron chi connectivity index (χ4n) is 2.44. The van der Waals surface area contributed by atoms with E-state index < -0.39 is 0 Å². The van der Waals surface area contributed by atoms with Crippen LogP contribution in [0.5, 0.6) is 0 Å². The van der Waals surface area contributed by atoms with Crippen molar-refractivity contribution in [3.05, 3.63) is 63.5 Å². The highest BCUT2D eigenvalue weighted by molar-refractivity contribution is 7.98. The second-order valence-corrected chi connectivity index (χ2v) is 7.26. The largest absolute Gasteiger partial charge is 0.269 e. The number of thiazole rings is 1. The minimum Gasteiger partial charge on any atom is -0.269 e. The van der Waals surface area contributed by atoms with Gasteiger partial charge in [0.15, 0.2) is 10.8 Å². The van der Waals surface area contributed by atoms with Crippen LogP contribution in [0.3, 0.4) is 0 Å². The number of aromatic nitrogens is 5. The van der Waals surface area contributed by atoms with Crippen LogP contribution in [0.15, 0.2) is 51.9 Å². The van der Waals surface area contributed by atoms with Crippen molar-refractivity contribution in [2.45, 2.75) is 24.3 Å². The van der Waals surface area contributed by atoms with Gasteiger partial charge in [-0.05, 0) is 12.0 Å². The molecule has 25 heavy (non-hydrogen) atoms. The Kier molecular flexibility index (Phi) is 4.37. The summed E-state index contributed by atoms with van der Waals surface area (Å²) in [5, 5.41) is 9.70. The smallest absolute Gasteiger partial charge is 0.258 e. The maximum Gasteiger partial charge on any atom is 0.258 e. The van der Waals surface area contributed by atoms with Crippen molar-refractivity contribution < 1.29 is 0 Å². The Morgan fingerprint density at radius 1 is 1.24 bits per heavy atom. The normalized spacial score (nSPS) is 11.2. The van der Waals surface area contributed by atoms with Crippen LogP contribution in [-0.4, -0.2) is 24.6 Å². The number of nitrogens with zero attached hydrogens (tertiary/aromatic N) is 4. The van der Waals surface area contributed by atoms with E-state index in [2.05, 4.69) is 39.2 Å². The molecule has 6 nitrogen and oxygen atoms in total. The first-order valence-corrected chi connectivity index (χ1v) is 9.70. The third-order valence-electron chi connectivity index (χ3n) is 3.81. The maximum atomic E-state index is 12.0. The van der Waals surface area contributed by atoms with Crippen molar-refractivity contribution in [1.29, 1.82) is 0 Å². The summed E-state index contributed by atoms with van der Waals surface area (Å²) in [6, 6.07) is 9.84. The summed E-state index contributed by atoms with van der Waals surface area (Å²) < 4.78 is 1.55. The molecule has 0 saturated carbocycles. The number of nitrogens with one attached hydrogen (secondary N) is 1. The first-order chi connectivity index (χ1) is 12.2. The molecule has 4 aromatic rings. The number of benzene rings is 1. The molecule has 0 saturated heterocycles. The zero-order valence-corrected chi connectivity index (χ0v) is 15.1. The number of H-pyrrole nitrogens is 1. The SMILES string of the molecule is CCc1ccc(-c2nc(SCc3cc(=O)n4ccsc4n3)n[nH]2)cc1. The fourth-order valence-corrected chi connectivity index (χ4v) is 3.87. The summed E-state index contributed by atoms with van der Waals surface area (Å²) in [7, 11) is 0. The molecule has 0 atom stereocenters. The number of thioether (sulfide) groups is 1. The molecule has 1 aromatic carbocycles. The number of hydrogen-bond acceptors (Lipinski definition) is 6. The van der Waals surface area contributed by atoms with Crippen molar-refractivity contribution in [1.82, 2.24) is 24.6 Å². The fraction of sp³-hybridized carbons (Fsp3) is 0.176. The Morgan fingerprint density at radius 3 is 2.88 bits per heavy atom. The van der Waals surface area contributed by atoms with E-state index in [1.165, 1.54) is 28.7 Å². The number of rotatable bonds is 5. The monoisotopic (exact) mass is 369 g/mol. The Labute approximate surface area is 152 Å². The third kappa shape index (κ3) is 3.35. The lowest BCUT2D eigenvalue weighted by molar-refractivity contribution is 0.970.